The van der Waals surface area contributed by atoms with Crippen LogP contribution in [0.3, 0.4) is 0 Å². The molecule has 0 saturated carbocycles. The highest BCUT2D eigenvalue weighted by molar-refractivity contribution is 6.30. The maximum absolute atomic E-state index is 13.8. The minimum atomic E-state index is -0.376. The molecule has 0 amide bonds. The van der Waals surface area contributed by atoms with E-state index in [1.807, 2.05) is 60.7 Å². The van der Waals surface area contributed by atoms with Crippen molar-refractivity contribution in [1.29, 1.82) is 0 Å². The van der Waals surface area contributed by atoms with Crippen LogP contribution >= 0.6 is 11.6 Å². The fraction of sp³-hybridized carbons (Fsp3) is 0.207. The van der Waals surface area contributed by atoms with Gasteiger partial charge in [-0.3, -0.25) is 9.88 Å². The second kappa shape index (κ2) is 11.2. The van der Waals surface area contributed by atoms with Gasteiger partial charge in [-0.1, -0.05) is 42.4 Å². The molecular weight excluding hydrogens is 491 g/mol. The first kappa shape index (κ1) is 25.0. The third-order valence-electron chi connectivity index (χ3n) is 6.54. The zero-order chi connectivity index (χ0) is 25.8. The van der Waals surface area contributed by atoms with Crippen molar-refractivity contribution < 1.29 is 14.1 Å². The molecule has 0 spiro atoms. The first-order valence-corrected chi connectivity index (χ1v) is 12.5. The summed E-state index contributed by atoms with van der Waals surface area (Å²) in [6.07, 6.45) is 1.73. The van der Waals surface area contributed by atoms with E-state index in [-0.39, 0.29) is 16.9 Å². The average Bonchev–Trinajstić information content (AvgIpc) is 2.91. The molecule has 1 fully saturated rings. The molecule has 6 nitrogen and oxygen atoms in total. The van der Waals surface area contributed by atoms with Gasteiger partial charge >= 0.3 is 0 Å². The van der Waals surface area contributed by atoms with Crippen LogP contribution in [0.5, 0.6) is 11.5 Å². The lowest BCUT2D eigenvalue weighted by molar-refractivity contribution is -0.0181. The monoisotopic (exact) mass is 518 g/mol. The molecule has 0 radical (unpaired) electrons. The number of rotatable bonds is 8. The van der Waals surface area contributed by atoms with Crippen molar-refractivity contribution in [1.82, 2.24) is 20.4 Å². The normalized spacial score (nSPS) is 16.1. The van der Waals surface area contributed by atoms with Crippen molar-refractivity contribution in [2.75, 3.05) is 19.6 Å². The highest BCUT2D eigenvalue weighted by Crippen LogP contribution is 2.26. The molecule has 1 aliphatic heterocycles. The number of pyridine rings is 1. The topological polar surface area (TPSA) is 49.9 Å². The van der Waals surface area contributed by atoms with Crippen molar-refractivity contribution in [3.63, 3.8) is 0 Å². The van der Waals surface area contributed by atoms with Gasteiger partial charge in [-0.15, -0.1) is 0 Å². The number of fused-ring (bicyclic) bond motifs is 1. The minimum absolute atomic E-state index is 0.153. The second-order valence-corrected chi connectivity index (χ2v) is 9.52. The van der Waals surface area contributed by atoms with E-state index < -0.39 is 0 Å². The van der Waals surface area contributed by atoms with Crippen molar-refractivity contribution in [2.45, 2.75) is 19.5 Å². The van der Waals surface area contributed by atoms with Crippen LogP contribution in [0.2, 0.25) is 5.02 Å². The Kier molecular flexibility index (Phi) is 7.55. The minimum Gasteiger partial charge on any atom is -0.374 e. The van der Waals surface area contributed by atoms with E-state index in [9.17, 15) is 4.39 Å². The van der Waals surface area contributed by atoms with E-state index in [0.29, 0.717) is 18.0 Å². The molecule has 37 heavy (non-hydrogen) atoms. The Morgan fingerprint density at radius 2 is 1.89 bits per heavy atom. The molecule has 0 aliphatic carbocycles. The summed E-state index contributed by atoms with van der Waals surface area (Å²) in [7, 11) is 0. The van der Waals surface area contributed by atoms with Gasteiger partial charge in [0.25, 0.3) is 0 Å². The molecular formula is C29H28ClFN4O2. The molecule has 1 aliphatic rings. The molecule has 4 aromatic rings. The molecule has 0 bridgehead atoms. The van der Waals surface area contributed by atoms with Gasteiger partial charge in [0.2, 0.25) is 0 Å². The van der Waals surface area contributed by atoms with Gasteiger partial charge in [-0.25, -0.2) is 4.39 Å². The van der Waals surface area contributed by atoms with E-state index in [4.69, 9.17) is 21.3 Å². The van der Waals surface area contributed by atoms with E-state index in [0.717, 1.165) is 47.4 Å². The summed E-state index contributed by atoms with van der Waals surface area (Å²) in [5.41, 5.74) is 6.21. The van der Waals surface area contributed by atoms with Crippen LogP contribution in [0.1, 0.15) is 18.1 Å². The van der Waals surface area contributed by atoms with Crippen LogP contribution < -0.4 is 15.3 Å². The summed E-state index contributed by atoms with van der Waals surface area (Å²) in [5.74, 6) is 0.814. The van der Waals surface area contributed by atoms with Gasteiger partial charge in [0.05, 0.1) is 5.02 Å². The van der Waals surface area contributed by atoms with Crippen LogP contribution in [0.25, 0.3) is 16.6 Å². The molecule has 190 valence electrons. The molecule has 8 heteroatoms. The number of nitrogens with one attached hydrogen (secondary N) is 1. The van der Waals surface area contributed by atoms with Crippen LogP contribution in [-0.2, 0) is 6.54 Å². The fourth-order valence-corrected chi connectivity index (χ4v) is 4.74. The lowest BCUT2D eigenvalue weighted by atomic mass is 10.1. The van der Waals surface area contributed by atoms with E-state index in [2.05, 4.69) is 33.9 Å². The summed E-state index contributed by atoms with van der Waals surface area (Å²) >= 11 is 5.81. The number of halogens is 2. The van der Waals surface area contributed by atoms with Gasteiger partial charge in [0, 0.05) is 55.1 Å². The quantitative estimate of drug-likeness (QED) is 0.285. The number of para-hydroxylation sites is 1. The largest absolute Gasteiger partial charge is 0.374 e. The smallest absolute Gasteiger partial charge is 0.177 e. The first-order chi connectivity index (χ1) is 18.0. The highest BCUT2D eigenvalue weighted by Gasteiger charge is 2.25. The average molecular weight is 519 g/mol. The zero-order valence-electron chi connectivity index (χ0n) is 20.5. The number of piperazine rings is 1. The molecule has 1 unspecified atom stereocenters. The van der Waals surface area contributed by atoms with Crippen LogP contribution in [-0.4, -0.2) is 40.5 Å². The lowest BCUT2D eigenvalue weighted by Gasteiger charge is -2.42. The fourth-order valence-electron chi connectivity index (χ4n) is 4.63. The van der Waals surface area contributed by atoms with Crippen LogP contribution in [0, 0.1) is 5.82 Å². The van der Waals surface area contributed by atoms with E-state index in [1.54, 1.807) is 12.3 Å². The maximum atomic E-state index is 13.8. The van der Waals surface area contributed by atoms with Gasteiger partial charge < -0.3 is 14.6 Å². The van der Waals surface area contributed by atoms with Gasteiger partial charge in [-0.05, 0) is 66.6 Å². The Morgan fingerprint density at radius 3 is 2.68 bits per heavy atom. The summed E-state index contributed by atoms with van der Waals surface area (Å²) in [5, 5.41) is 1.14. The Hall–Kier alpha value is -3.65. The molecule has 1 aromatic heterocycles. The van der Waals surface area contributed by atoms with Crippen molar-refractivity contribution in [2.24, 2.45) is 0 Å². The summed E-state index contributed by atoms with van der Waals surface area (Å²) in [6, 6.07) is 22.5. The van der Waals surface area contributed by atoms with Gasteiger partial charge in [-0.2, -0.15) is 0 Å². The van der Waals surface area contributed by atoms with Crippen molar-refractivity contribution >= 4 is 28.2 Å². The summed E-state index contributed by atoms with van der Waals surface area (Å²) in [4.78, 5) is 20.1. The summed E-state index contributed by atoms with van der Waals surface area (Å²) in [6.45, 7) is 9.77. The van der Waals surface area contributed by atoms with Gasteiger partial charge in [0.15, 0.2) is 11.5 Å². The molecule has 3 aromatic carbocycles. The standard InChI is InChI=1S/C29H28ClFN4O2/c1-20-18-34(19-22-8-13-26(30)27(31)17-22)15-16-35(20)21(2)23-9-11-25(12-10-23)36-33-37-28-7-3-5-24-6-4-14-32-29(24)28/h3-14,17,20,33H,2,15-16,18-19H2,1H3. The molecule has 1 N–H and O–H groups in total. The van der Waals surface area contributed by atoms with E-state index >= 15 is 0 Å². The molecule has 2 heterocycles. The van der Waals surface area contributed by atoms with Crippen LogP contribution in [0.4, 0.5) is 4.39 Å². The zero-order valence-corrected chi connectivity index (χ0v) is 21.3. The number of aromatic nitrogens is 1. The Labute approximate surface area is 220 Å². The summed E-state index contributed by atoms with van der Waals surface area (Å²) < 4.78 is 13.8. The van der Waals surface area contributed by atoms with Crippen molar-refractivity contribution in [3.05, 3.63) is 108 Å². The molecule has 1 atom stereocenters. The number of benzene rings is 3. The number of hydrogen-bond donors (Lipinski definition) is 1. The predicted molar refractivity (Wildman–Crippen MR) is 144 cm³/mol. The number of nitrogens with zero attached hydrogens (tertiary/aromatic N) is 3. The Morgan fingerprint density at radius 1 is 1.08 bits per heavy atom. The Bertz CT molecular complexity index is 1390. The maximum Gasteiger partial charge on any atom is 0.177 e. The number of hydrogen-bond acceptors (Lipinski definition) is 6. The van der Waals surface area contributed by atoms with Gasteiger partial charge in [0.1, 0.15) is 11.3 Å². The lowest BCUT2D eigenvalue weighted by Crippen LogP contribution is -2.50. The van der Waals surface area contributed by atoms with Crippen molar-refractivity contribution in [3.8, 4) is 11.5 Å². The third kappa shape index (κ3) is 5.85. The highest BCUT2D eigenvalue weighted by atomic mass is 35.5. The molecule has 5 rings (SSSR count). The van der Waals surface area contributed by atoms with Crippen LogP contribution in [0.15, 0.2) is 85.6 Å². The second-order valence-electron chi connectivity index (χ2n) is 9.12. The Balaban J connectivity index is 1.14. The molecule has 1 saturated heterocycles. The third-order valence-corrected chi connectivity index (χ3v) is 6.85. The first-order valence-electron chi connectivity index (χ1n) is 12.1. The van der Waals surface area contributed by atoms with E-state index in [1.165, 1.54) is 6.07 Å². The predicted octanol–water partition coefficient (Wildman–Crippen LogP) is 6.08. The SMILES string of the molecule is C=C(c1ccc(ONOc2cccc3cccnc23)cc1)N1CCN(Cc2ccc(Cl)c(F)c2)CC1C.